The highest BCUT2D eigenvalue weighted by atomic mass is 35.5. The quantitative estimate of drug-likeness (QED) is 0.735. The van der Waals surface area contributed by atoms with Crippen LogP contribution in [0.1, 0.15) is 25.7 Å². The summed E-state index contributed by atoms with van der Waals surface area (Å²) in [5, 5.41) is 12.3. The number of benzene rings is 1. The van der Waals surface area contributed by atoms with E-state index < -0.39 is 0 Å². The summed E-state index contributed by atoms with van der Waals surface area (Å²) in [7, 11) is 0. The van der Waals surface area contributed by atoms with Crippen LogP contribution in [0.3, 0.4) is 0 Å². The van der Waals surface area contributed by atoms with Gasteiger partial charge in [-0.25, -0.2) is 0 Å². The van der Waals surface area contributed by atoms with Gasteiger partial charge in [0.25, 0.3) is 0 Å². The largest absolute Gasteiger partial charge is 0.506 e. The number of amides is 1. The first-order valence-electron chi connectivity index (χ1n) is 6.03. The van der Waals surface area contributed by atoms with Crippen LogP contribution in [0.4, 0.5) is 5.69 Å². The normalized spacial score (nSPS) is 17.0. The molecule has 1 aliphatic carbocycles. The third-order valence-electron chi connectivity index (χ3n) is 3.61. The van der Waals surface area contributed by atoms with Gasteiger partial charge in [0.2, 0.25) is 5.91 Å². The standard InChI is InChI=1S/C13H17ClN2O2/c14-10-6-9(2-3-11(10)17)16-12(18)7-13(8-15)4-1-5-13/h2-3,6,17H,1,4-5,7-8,15H2,(H,16,18). The molecule has 0 aliphatic heterocycles. The fourth-order valence-corrected chi connectivity index (χ4v) is 2.44. The maximum atomic E-state index is 11.9. The van der Waals surface area contributed by atoms with Gasteiger partial charge in [-0.1, -0.05) is 18.0 Å². The number of nitrogens with two attached hydrogens (primary N) is 1. The van der Waals surface area contributed by atoms with E-state index in [1.54, 1.807) is 6.07 Å². The van der Waals surface area contributed by atoms with Gasteiger partial charge < -0.3 is 16.2 Å². The van der Waals surface area contributed by atoms with Gasteiger partial charge in [0.1, 0.15) is 5.75 Å². The Morgan fingerprint density at radius 3 is 2.72 bits per heavy atom. The van der Waals surface area contributed by atoms with Gasteiger partial charge in [-0.15, -0.1) is 0 Å². The predicted molar refractivity (Wildman–Crippen MR) is 71.7 cm³/mol. The molecule has 0 atom stereocenters. The summed E-state index contributed by atoms with van der Waals surface area (Å²) in [6.45, 7) is 0.552. The summed E-state index contributed by atoms with van der Waals surface area (Å²) in [6, 6.07) is 4.61. The lowest BCUT2D eigenvalue weighted by molar-refractivity contribution is -0.119. The molecule has 0 spiro atoms. The molecule has 1 fully saturated rings. The average molecular weight is 269 g/mol. The van der Waals surface area contributed by atoms with E-state index >= 15 is 0 Å². The van der Waals surface area contributed by atoms with Gasteiger partial charge in [0.15, 0.2) is 0 Å². The minimum Gasteiger partial charge on any atom is -0.506 e. The number of phenolic OH excluding ortho intramolecular Hbond substituents is 1. The molecule has 0 bridgehead atoms. The fourth-order valence-electron chi connectivity index (χ4n) is 2.26. The second-order valence-electron chi connectivity index (χ2n) is 4.95. The number of aromatic hydroxyl groups is 1. The Labute approximate surface area is 111 Å². The second-order valence-corrected chi connectivity index (χ2v) is 5.36. The maximum absolute atomic E-state index is 11.9. The molecule has 1 amide bonds. The summed E-state index contributed by atoms with van der Waals surface area (Å²) in [6.07, 6.45) is 3.64. The van der Waals surface area contributed by atoms with Crippen molar-refractivity contribution in [3.8, 4) is 5.75 Å². The number of halogens is 1. The van der Waals surface area contributed by atoms with Gasteiger partial charge in [-0.05, 0) is 43.0 Å². The lowest BCUT2D eigenvalue weighted by Crippen LogP contribution is -2.40. The molecule has 4 N–H and O–H groups in total. The van der Waals surface area contributed by atoms with Crippen LogP contribution in [0.15, 0.2) is 18.2 Å². The van der Waals surface area contributed by atoms with Gasteiger partial charge in [-0.2, -0.15) is 0 Å². The number of carbonyl (C=O) groups is 1. The van der Waals surface area contributed by atoms with Gasteiger partial charge in [-0.3, -0.25) is 4.79 Å². The highest BCUT2D eigenvalue weighted by Gasteiger charge is 2.37. The van der Waals surface area contributed by atoms with Crippen LogP contribution < -0.4 is 11.1 Å². The SMILES string of the molecule is NCC1(CC(=O)Nc2ccc(O)c(Cl)c2)CCC1. The number of phenols is 1. The van der Waals surface area contributed by atoms with E-state index in [9.17, 15) is 9.90 Å². The number of rotatable bonds is 4. The van der Waals surface area contributed by atoms with E-state index in [0.717, 1.165) is 19.3 Å². The Balaban J connectivity index is 1.96. The molecular formula is C13H17ClN2O2. The first-order valence-corrected chi connectivity index (χ1v) is 6.41. The summed E-state index contributed by atoms with van der Waals surface area (Å²) in [5.74, 6) is -0.0472. The lowest BCUT2D eigenvalue weighted by atomic mass is 9.66. The molecule has 1 aliphatic rings. The third-order valence-corrected chi connectivity index (χ3v) is 3.92. The molecule has 0 radical (unpaired) electrons. The van der Waals surface area contributed by atoms with Crippen LogP contribution >= 0.6 is 11.6 Å². The summed E-state index contributed by atoms with van der Waals surface area (Å²) >= 11 is 5.77. The van der Waals surface area contributed by atoms with E-state index in [1.807, 2.05) is 0 Å². The Hall–Kier alpha value is -1.26. The van der Waals surface area contributed by atoms with Crippen LogP contribution in [-0.2, 0) is 4.79 Å². The molecule has 1 saturated carbocycles. The number of nitrogens with one attached hydrogen (secondary N) is 1. The minimum atomic E-state index is -0.0538. The van der Waals surface area contributed by atoms with Crippen molar-refractivity contribution in [1.29, 1.82) is 0 Å². The predicted octanol–water partition coefficient (Wildman–Crippen LogP) is 2.50. The zero-order chi connectivity index (χ0) is 13.2. The highest BCUT2D eigenvalue weighted by molar-refractivity contribution is 6.32. The van der Waals surface area contributed by atoms with Crippen molar-refractivity contribution in [3.63, 3.8) is 0 Å². The van der Waals surface area contributed by atoms with Crippen LogP contribution in [0.5, 0.6) is 5.75 Å². The molecule has 0 saturated heterocycles. The van der Waals surface area contributed by atoms with Crippen molar-refractivity contribution in [2.24, 2.45) is 11.1 Å². The van der Waals surface area contributed by atoms with E-state index in [4.69, 9.17) is 17.3 Å². The number of anilines is 1. The van der Waals surface area contributed by atoms with Gasteiger partial charge in [0, 0.05) is 12.1 Å². The van der Waals surface area contributed by atoms with Crippen molar-refractivity contribution in [1.82, 2.24) is 0 Å². The zero-order valence-electron chi connectivity index (χ0n) is 10.1. The minimum absolute atomic E-state index is 0.00656. The number of hydrogen-bond donors (Lipinski definition) is 3. The number of hydrogen-bond acceptors (Lipinski definition) is 3. The molecule has 5 heteroatoms. The Kier molecular flexibility index (Phi) is 3.78. The monoisotopic (exact) mass is 268 g/mol. The van der Waals surface area contributed by atoms with Gasteiger partial charge >= 0.3 is 0 Å². The number of carbonyl (C=O) groups excluding carboxylic acids is 1. The second kappa shape index (κ2) is 5.16. The smallest absolute Gasteiger partial charge is 0.224 e. The molecule has 0 unspecified atom stereocenters. The van der Waals surface area contributed by atoms with Crippen LogP contribution in [-0.4, -0.2) is 17.6 Å². The summed E-state index contributed by atoms with van der Waals surface area (Å²) in [4.78, 5) is 11.9. The van der Waals surface area contributed by atoms with Crippen molar-refractivity contribution in [2.45, 2.75) is 25.7 Å². The maximum Gasteiger partial charge on any atom is 0.224 e. The third kappa shape index (κ3) is 2.76. The first kappa shape index (κ1) is 13.2. The van der Waals surface area contributed by atoms with E-state index in [1.165, 1.54) is 12.1 Å². The summed E-state index contributed by atoms with van der Waals surface area (Å²) in [5.41, 5.74) is 6.30. The Morgan fingerprint density at radius 1 is 1.50 bits per heavy atom. The Bertz CT molecular complexity index is 453. The molecule has 0 heterocycles. The first-order chi connectivity index (χ1) is 8.54. The molecule has 18 heavy (non-hydrogen) atoms. The van der Waals surface area contributed by atoms with Gasteiger partial charge in [0.05, 0.1) is 5.02 Å². The van der Waals surface area contributed by atoms with E-state index in [-0.39, 0.29) is 22.1 Å². The van der Waals surface area contributed by atoms with Crippen molar-refractivity contribution in [3.05, 3.63) is 23.2 Å². The molecule has 98 valence electrons. The topological polar surface area (TPSA) is 75.4 Å². The van der Waals surface area contributed by atoms with E-state index in [0.29, 0.717) is 18.7 Å². The zero-order valence-corrected chi connectivity index (χ0v) is 10.8. The fraction of sp³-hybridized carbons (Fsp3) is 0.462. The molecule has 2 rings (SSSR count). The van der Waals surface area contributed by atoms with E-state index in [2.05, 4.69) is 5.32 Å². The van der Waals surface area contributed by atoms with Crippen LogP contribution in [0, 0.1) is 5.41 Å². The lowest BCUT2D eigenvalue weighted by Gasteiger charge is -2.40. The van der Waals surface area contributed by atoms with Crippen molar-refractivity contribution >= 4 is 23.2 Å². The molecular weight excluding hydrogens is 252 g/mol. The van der Waals surface area contributed by atoms with Crippen molar-refractivity contribution < 1.29 is 9.90 Å². The molecule has 0 aromatic heterocycles. The molecule has 1 aromatic rings. The highest BCUT2D eigenvalue weighted by Crippen LogP contribution is 2.43. The molecule has 4 nitrogen and oxygen atoms in total. The van der Waals surface area contributed by atoms with Crippen molar-refractivity contribution in [2.75, 3.05) is 11.9 Å². The summed E-state index contributed by atoms with van der Waals surface area (Å²) < 4.78 is 0. The molecule has 1 aromatic carbocycles. The average Bonchev–Trinajstić information content (AvgIpc) is 2.29. The van der Waals surface area contributed by atoms with Crippen LogP contribution in [0.25, 0.3) is 0 Å². The van der Waals surface area contributed by atoms with Crippen LogP contribution in [0.2, 0.25) is 5.02 Å². The Morgan fingerprint density at radius 2 is 2.22 bits per heavy atom.